The molecule has 136 valence electrons. The van der Waals surface area contributed by atoms with Gasteiger partial charge in [-0.2, -0.15) is 11.8 Å². The molecule has 8 nitrogen and oxygen atoms in total. The largest absolute Gasteiger partial charge is 0.339 e. The maximum atomic E-state index is 12.4. The summed E-state index contributed by atoms with van der Waals surface area (Å²) in [6, 6.07) is 1.11. The molecule has 2 fully saturated rings. The van der Waals surface area contributed by atoms with Crippen LogP contribution in [0.1, 0.15) is 6.92 Å². The molecule has 0 unspecified atom stereocenters. The minimum atomic E-state index is -0.494. The monoisotopic (exact) mass is 364 g/mol. The molecule has 0 bridgehead atoms. The molecule has 9 heteroatoms. The zero-order chi connectivity index (χ0) is 17.6. The molecular formula is C16H24N6O2S. The zero-order valence-corrected chi connectivity index (χ0v) is 15.2. The highest BCUT2D eigenvalue weighted by atomic mass is 32.2. The molecule has 3 amide bonds. The average Bonchev–Trinajstić information content (AvgIpc) is 2.68. The summed E-state index contributed by atoms with van der Waals surface area (Å²) in [6.45, 7) is 5.83. The van der Waals surface area contributed by atoms with E-state index in [1.54, 1.807) is 30.3 Å². The summed E-state index contributed by atoms with van der Waals surface area (Å²) in [4.78, 5) is 39.0. The van der Waals surface area contributed by atoms with Gasteiger partial charge in [-0.05, 0) is 13.0 Å². The zero-order valence-electron chi connectivity index (χ0n) is 14.4. The average molecular weight is 364 g/mol. The highest BCUT2D eigenvalue weighted by Gasteiger charge is 2.27. The molecule has 3 rings (SSSR count). The van der Waals surface area contributed by atoms with Crippen LogP contribution in [0.15, 0.2) is 18.5 Å². The summed E-state index contributed by atoms with van der Waals surface area (Å²) >= 11 is 1.86. The standard InChI is InChI=1S/C16H24N6O2S/c1-13(14(23)20-9-11-25-12-10-20)19-16(24)22-7-5-21(6-8-22)15-17-3-2-4-18-15/h2-4,13H,5-12H2,1H3,(H,19,24)/t13-/m1/s1. The van der Waals surface area contributed by atoms with E-state index in [-0.39, 0.29) is 11.9 Å². The van der Waals surface area contributed by atoms with Gasteiger partial charge in [0.2, 0.25) is 11.9 Å². The number of carbonyl (C=O) groups excluding carboxylic acids is 2. The number of nitrogens with zero attached hydrogens (tertiary/aromatic N) is 5. The predicted octanol–water partition coefficient (Wildman–Crippen LogP) is 0.272. The molecular weight excluding hydrogens is 340 g/mol. The normalized spacial score (nSPS) is 19.5. The molecule has 1 aromatic heterocycles. The minimum Gasteiger partial charge on any atom is -0.339 e. The Hall–Kier alpha value is -2.03. The number of thioether (sulfide) groups is 1. The van der Waals surface area contributed by atoms with Crippen LogP contribution < -0.4 is 10.2 Å². The molecule has 0 aliphatic carbocycles. The fourth-order valence-corrected chi connectivity index (χ4v) is 3.86. The number of hydrogen-bond donors (Lipinski definition) is 1. The van der Waals surface area contributed by atoms with Crippen molar-refractivity contribution in [3.63, 3.8) is 0 Å². The van der Waals surface area contributed by atoms with Crippen LogP contribution in [0, 0.1) is 0 Å². The van der Waals surface area contributed by atoms with Crippen LogP contribution in [0.5, 0.6) is 0 Å². The van der Waals surface area contributed by atoms with Crippen LogP contribution in [0.3, 0.4) is 0 Å². The van der Waals surface area contributed by atoms with Gasteiger partial charge in [0.05, 0.1) is 0 Å². The number of carbonyl (C=O) groups is 2. The maximum absolute atomic E-state index is 12.4. The number of rotatable bonds is 3. The van der Waals surface area contributed by atoms with Gasteiger partial charge in [0.25, 0.3) is 0 Å². The van der Waals surface area contributed by atoms with Crippen molar-refractivity contribution < 1.29 is 9.59 Å². The Kier molecular flexibility index (Phi) is 5.95. The highest BCUT2D eigenvalue weighted by molar-refractivity contribution is 7.99. The molecule has 0 aromatic carbocycles. The van der Waals surface area contributed by atoms with Gasteiger partial charge in [0, 0.05) is 63.2 Å². The molecule has 1 aromatic rings. The molecule has 2 saturated heterocycles. The summed E-state index contributed by atoms with van der Waals surface area (Å²) in [5.41, 5.74) is 0. The van der Waals surface area contributed by atoms with E-state index in [1.165, 1.54) is 0 Å². The van der Waals surface area contributed by atoms with Crippen molar-refractivity contribution in [3.8, 4) is 0 Å². The fraction of sp³-hybridized carbons (Fsp3) is 0.625. The highest BCUT2D eigenvalue weighted by Crippen LogP contribution is 2.12. The summed E-state index contributed by atoms with van der Waals surface area (Å²) in [7, 11) is 0. The SMILES string of the molecule is C[C@@H](NC(=O)N1CCN(c2ncccn2)CC1)C(=O)N1CCSCC1. The Morgan fingerprint density at radius 2 is 1.68 bits per heavy atom. The Labute approximate surface area is 152 Å². The summed E-state index contributed by atoms with van der Waals surface area (Å²) in [5, 5.41) is 2.84. The Morgan fingerprint density at radius 3 is 2.32 bits per heavy atom. The smallest absolute Gasteiger partial charge is 0.318 e. The summed E-state index contributed by atoms with van der Waals surface area (Å²) in [6.07, 6.45) is 3.43. The van der Waals surface area contributed by atoms with Gasteiger partial charge in [0.1, 0.15) is 6.04 Å². The molecule has 25 heavy (non-hydrogen) atoms. The van der Waals surface area contributed by atoms with E-state index in [0.29, 0.717) is 32.1 Å². The number of nitrogens with one attached hydrogen (secondary N) is 1. The van der Waals surface area contributed by atoms with Crippen molar-refractivity contribution in [2.45, 2.75) is 13.0 Å². The van der Waals surface area contributed by atoms with Crippen LogP contribution in [-0.4, -0.2) is 88.5 Å². The molecule has 0 saturated carbocycles. The summed E-state index contributed by atoms with van der Waals surface area (Å²) < 4.78 is 0. The third-order valence-corrected chi connectivity index (χ3v) is 5.38. The van der Waals surface area contributed by atoms with Crippen LogP contribution in [0.25, 0.3) is 0 Å². The molecule has 0 radical (unpaired) electrons. The first-order valence-electron chi connectivity index (χ1n) is 8.59. The van der Waals surface area contributed by atoms with E-state index in [0.717, 1.165) is 24.6 Å². The van der Waals surface area contributed by atoms with E-state index in [4.69, 9.17) is 0 Å². The lowest BCUT2D eigenvalue weighted by Crippen LogP contribution is -2.56. The fourth-order valence-electron chi connectivity index (χ4n) is 2.96. The van der Waals surface area contributed by atoms with E-state index < -0.39 is 6.04 Å². The van der Waals surface area contributed by atoms with Crippen LogP contribution >= 0.6 is 11.8 Å². The number of anilines is 1. The molecule has 0 spiro atoms. The maximum Gasteiger partial charge on any atom is 0.318 e. The van der Waals surface area contributed by atoms with Gasteiger partial charge in [-0.3, -0.25) is 4.79 Å². The lowest BCUT2D eigenvalue weighted by Gasteiger charge is -2.35. The van der Waals surface area contributed by atoms with Crippen LogP contribution in [0.4, 0.5) is 10.7 Å². The summed E-state index contributed by atoms with van der Waals surface area (Å²) in [5.74, 6) is 2.63. The lowest BCUT2D eigenvalue weighted by molar-refractivity contribution is -0.132. The first-order valence-corrected chi connectivity index (χ1v) is 9.74. The first-order chi connectivity index (χ1) is 12.1. The van der Waals surface area contributed by atoms with E-state index in [9.17, 15) is 9.59 Å². The number of aromatic nitrogens is 2. The van der Waals surface area contributed by atoms with Gasteiger partial charge in [0.15, 0.2) is 0 Å². The minimum absolute atomic E-state index is 0.00460. The van der Waals surface area contributed by atoms with Crippen molar-refractivity contribution in [1.82, 2.24) is 25.1 Å². The van der Waals surface area contributed by atoms with Crippen molar-refractivity contribution in [2.24, 2.45) is 0 Å². The Morgan fingerprint density at radius 1 is 1.04 bits per heavy atom. The van der Waals surface area contributed by atoms with Gasteiger partial charge >= 0.3 is 6.03 Å². The third-order valence-electron chi connectivity index (χ3n) is 4.44. The third kappa shape index (κ3) is 4.53. The lowest BCUT2D eigenvalue weighted by atomic mass is 10.2. The Balaban J connectivity index is 1.46. The van der Waals surface area contributed by atoms with Crippen molar-refractivity contribution >= 4 is 29.6 Å². The van der Waals surface area contributed by atoms with Gasteiger partial charge in [-0.15, -0.1) is 0 Å². The van der Waals surface area contributed by atoms with Crippen molar-refractivity contribution in [1.29, 1.82) is 0 Å². The number of amides is 3. The number of piperazine rings is 1. The van der Waals surface area contributed by atoms with E-state index >= 15 is 0 Å². The topological polar surface area (TPSA) is 81.7 Å². The first kappa shape index (κ1) is 17.8. The molecule has 2 aliphatic rings. The van der Waals surface area contributed by atoms with Gasteiger partial charge in [-0.1, -0.05) is 0 Å². The molecule has 1 N–H and O–H groups in total. The van der Waals surface area contributed by atoms with Crippen LogP contribution in [-0.2, 0) is 4.79 Å². The Bertz CT molecular complexity index is 588. The molecule has 3 heterocycles. The van der Waals surface area contributed by atoms with Crippen molar-refractivity contribution in [3.05, 3.63) is 18.5 Å². The molecule has 2 aliphatic heterocycles. The van der Waals surface area contributed by atoms with Crippen molar-refractivity contribution in [2.75, 3.05) is 55.7 Å². The molecule has 1 atom stereocenters. The number of hydrogen-bond acceptors (Lipinski definition) is 6. The quantitative estimate of drug-likeness (QED) is 0.829. The second-order valence-corrected chi connectivity index (χ2v) is 7.36. The van der Waals surface area contributed by atoms with Crippen LogP contribution in [0.2, 0.25) is 0 Å². The second-order valence-electron chi connectivity index (χ2n) is 6.13. The van der Waals surface area contributed by atoms with Gasteiger partial charge < -0.3 is 20.0 Å². The van der Waals surface area contributed by atoms with E-state index in [1.807, 2.05) is 16.7 Å². The van der Waals surface area contributed by atoms with Gasteiger partial charge in [-0.25, -0.2) is 14.8 Å². The second kappa shape index (κ2) is 8.37. The number of urea groups is 1. The predicted molar refractivity (Wildman–Crippen MR) is 97.7 cm³/mol. The van der Waals surface area contributed by atoms with E-state index in [2.05, 4.69) is 20.2 Å².